The molecule has 2 atom stereocenters. The Balaban J connectivity index is 2.19. The van der Waals surface area contributed by atoms with Gasteiger partial charge in [-0.1, -0.05) is 24.3 Å². The van der Waals surface area contributed by atoms with Crippen molar-refractivity contribution in [3.05, 3.63) is 35.4 Å². The van der Waals surface area contributed by atoms with Crippen molar-refractivity contribution in [3.8, 4) is 0 Å². The molecular formula is C14H21NO3S. The number of ether oxygens (including phenoxy) is 1. The third kappa shape index (κ3) is 3.35. The van der Waals surface area contributed by atoms with Crippen LogP contribution in [0.3, 0.4) is 0 Å². The molecule has 1 fully saturated rings. The SMILES string of the molecule is CNS(=O)(=O)C1CCOCC1Cc1ccccc1C. The molecule has 0 aliphatic carbocycles. The Morgan fingerprint density at radius 2 is 2.11 bits per heavy atom. The molecule has 0 spiro atoms. The average molecular weight is 283 g/mol. The molecule has 1 N–H and O–H groups in total. The number of nitrogens with one attached hydrogen (secondary N) is 1. The summed E-state index contributed by atoms with van der Waals surface area (Å²) in [5.74, 6) is 0.0206. The summed E-state index contributed by atoms with van der Waals surface area (Å²) in [5, 5.41) is -0.356. The highest BCUT2D eigenvalue weighted by molar-refractivity contribution is 7.90. The summed E-state index contributed by atoms with van der Waals surface area (Å²) < 4.78 is 32.1. The van der Waals surface area contributed by atoms with Gasteiger partial charge in [-0.25, -0.2) is 13.1 Å². The van der Waals surface area contributed by atoms with Crippen LogP contribution in [0.25, 0.3) is 0 Å². The molecule has 1 aliphatic rings. The highest BCUT2D eigenvalue weighted by Crippen LogP contribution is 2.25. The second kappa shape index (κ2) is 6.03. The molecular weight excluding hydrogens is 262 g/mol. The number of hydrogen-bond acceptors (Lipinski definition) is 3. The Hall–Kier alpha value is -0.910. The fraction of sp³-hybridized carbons (Fsp3) is 0.571. The lowest BCUT2D eigenvalue weighted by atomic mass is 9.91. The summed E-state index contributed by atoms with van der Waals surface area (Å²) >= 11 is 0. The molecule has 1 saturated heterocycles. The van der Waals surface area contributed by atoms with Gasteiger partial charge in [0.2, 0.25) is 10.0 Å². The number of hydrogen-bond donors (Lipinski definition) is 1. The summed E-state index contributed by atoms with van der Waals surface area (Å²) in [6.45, 7) is 3.09. The minimum Gasteiger partial charge on any atom is -0.381 e. The lowest BCUT2D eigenvalue weighted by Crippen LogP contribution is -2.43. The van der Waals surface area contributed by atoms with Crippen molar-refractivity contribution in [2.24, 2.45) is 5.92 Å². The number of sulfonamides is 1. The molecule has 1 heterocycles. The molecule has 0 saturated carbocycles. The van der Waals surface area contributed by atoms with Crippen LogP contribution in [0.1, 0.15) is 17.5 Å². The predicted molar refractivity (Wildman–Crippen MR) is 75.6 cm³/mol. The Morgan fingerprint density at radius 1 is 1.37 bits per heavy atom. The third-order valence-corrected chi connectivity index (χ3v) is 5.82. The van der Waals surface area contributed by atoms with E-state index in [1.165, 1.54) is 18.2 Å². The summed E-state index contributed by atoms with van der Waals surface area (Å²) in [6.07, 6.45) is 1.32. The standard InChI is InChI=1S/C14H21NO3S/c1-11-5-3-4-6-12(11)9-13-10-18-8-7-14(13)19(16,17)15-2/h3-6,13-15H,7-10H2,1-2H3. The lowest BCUT2D eigenvalue weighted by molar-refractivity contribution is 0.0570. The minimum atomic E-state index is -3.23. The zero-order valence-corrected chi connectivity index (χ0v) is 12.2. The van der Waals surface area contributed by atoms with E-state index in [1.54, 1.807) is 0 Å². The number of benzene rings is 1. The van der Waals surface area contributed by atoms with E-state index >= 15 is 0 Å². The summed E-state index contributed by atoms with van der Waals surface area (Å²) in [7, 11) is -1.75. The van der Waals surface area contributed by atoms with Crippen LogP contribution < -0.4 is 4.72 Å². The summed E-state index contributed by atoms with van der Waals surface area (Å²) in [4.78, 5) is 0. The number of aryl methyl sites for hydroxylation is 1. The minimum absolute atomic E-state index is 0.0206. The van der Waals surface area contributed by atoms with Crippen LogP contribution in [0.4, 0.5) is 0 Å². The lowest BCUT2D eigenvalue weighted by Gasteiger charge is -2.31. The van der Waals surface area contributed by atoms with Crippen LogP contribution in [0.15, 0.2) is 24.3 Å². The first-order valence-corrected chi connectivity index (χ1v) is 8.14. The monoisotopic (exact) mass is 283 g/mol. The second-order valence-corrected chi connectivity index (χ2v) is 7.15. The number of rotatable bonds is 4. The molecule has 19 heavy (non-hydrogen) atoms. The largest absolute Gasteiger partial charge is 0.381 e. The van der Waals surface area contributed by atoms with Crippen LogP contribution in [0.5, 0.6) is 0 Å². The van der Waals surface area contributed by atoms with Crippen molar-refractivity contribution >= 4 is 10.0 Å². The topological polar surface area (TPSA) is 55.4 Å². The van der Waals surface area contributed by atoms with Gasteiger partial charge in [-0.2, -0.15) is 0 Å². The Kier molecular flexibility index (Phi) is 4.60. The van der Waals surface area contributed by atoms with Gasteiger partial charge in [0.25, 0.3) is 0 Å². The third-order valence-electron chi connectivity index (χ3n) is 3.83. The molecule has 1 aromatic carbocycles. The second-order valence-electron chi connectivity index (χ2n) is 5.04. The van der Waals surface area contributed by atoms with E-state index in [0.717, 1.165) is 6.42 Å². The molecule has 0 aromatic heterocycles. The maximum Gasteiger partial charge on any atom is 0.214 e. The maximum absolute atomic E-state index is 12.1. The predicted octanol–water partition coefficient (Wildman–Crippen LogP) is 1.49. The molecule has 1 aliphatic heterocycles. The fourth-order valence-electron chi connectivity index (χ4n) is 2.65. The van der Waals surface area contributed by atoms with Gasteiger partial charge in [0.15, 0.2) is 0 Å². The quantitative estimate of drug-likeness (QED) is 0.911. The van der Waals surface area contributed by atoms with Crippen LogP contribution in [-0.2, 0) is 21.2 Å². The zero-order valence-electron chi connectivity index (χ0n) is 11.4. The maximum atomic E-state index is 12.1. The van der Waals surface area contributed by atoms with Crippen molar-refractivity contribution in [1.29, 1.82) is 0 Å². The van der Waals surface area contributed by atoms with E-state index in [2.05, 4.69) is 23.8 Å². The van der Waals surface area contributed by atoms with Gasteiger partial charge in [-0.05, 0) is 37.9 Å². The van der Waals surface area contributed by atoms with Crippen molar-refractivity contribution in [3.63, 3.8) is 0 Å². The molecule has 5 heteroatoms. The van der Waals surface area contributed by atoms with Crippen LogP contribution in [-0.4, -0.2) is 33.9 Å². The van der Waals surface area contributed by atoms with E-state index < -0.39 is 10.0 Å². The van der Waals surface area contributed by atoms with Gasteiger partial charge in [-0.15, -0.1) is 0 Å². The molecule has 106 valence electrons. The van der Waals surface area contributed by atoms with E-state index in [1.807, 2.05) is 12.1 Å². The highest BCUT2D eigenvalue weighted by atomic mass is 32.2. The first kappa shape index (κ1) is 14.5. The van der Waals surface area contributed by atoms with Gasteiger partial charge in [0.1, 0.15) is 0 Å². The smallest absolute Gasteiger partial charge is 0.214 e. The molecule has 2 unspecified atom stereocenters. The molecule has 2 rings (SSSR count). The van der Waals surface area contributed by atoms with Crippen LogP contribution in [0.2, 0.25) is 0 Å². The fourth-order valence-corrected chi connectivity index (χ4v) is 4.04. The molecule has 4 nitrogen and oxygen atoms in total. The zero-order chi connectivity index (χ0) is 13.9. The van der Waals surface area contributed by atoms with Gasteiger partial charge >= 0.3 is 0 Å². The van der Waals surface area contributed by atoms with E-state index in [4.69, 9.17) is 4.74 Å². The van der Waals surface area contributed by atoms with Crippen LogP contribution >= 0.6 is 0 Å². The Bertz CT molecular complexity index is 527. The van der Waals surface area contributed by atoms with E-state index in [9.17, 15) is 8.42 Å². The van der Waals surface area contributed by atoms with Gasteiger partial charge in [0.05, 0.1) is 11.9 Å². The van der Waals surface area contributed by atoms with E-state index in [-0.39, 0.29) is 11.2 Å². The van der Waals surface area contributed by atoms with E-state index in [0.29, 0.717) is 19.6 Å². The summed E-state index contributed by atoms with van der Waals surface area (Å²) in [5.41, 5.74) is 2.41. The Labute approximate surface area is 115 Å². The molecule has 1 aromatic rings. The average Bonchev–Trinajstić information content (AvgIpc) is 2.42. The highest BCUT2D eigenvalue weighted by Gasteiger charge is 2.35. The van der Waals surface area contributed by atoms with Gasteiger partial charge < -0.3 is 4.74 Å². The Morgan fingerprint density at radius 3 is 2.79 bits per heavy atom. The van der Waals surface area contributed by atoms with Gasteiger partial charge in [0, 0.05) is 12.5 Å². The first-order chi connectivity index (χ1) is 9.04. The first-order valence-electron chi connectivity index (χ1n) is 6.59. The van der Waals surface area contributed by atoms with Gasteiger partial charge in [-0.3, -0.25) is 0 Å². The van der Waals surface area contributed by atoms with Crippen molar-refractivity contribution in [2.75, 3.05) is 20.3 Å². The van der Waals surface area contributed by atoms with Crippen LogP contribution in [0, 0.1) is 12.8 Å². The normalized spacial score (nSPS) is 24.3. The van der Waals surface area contributed by atoms with Crippen molar-refractivity contribution in [2.45, 2.75) is 25.0 Å². The molecule has 0 bridgehead atoms. The van der Waals surface area contributed by atoms with Crippen molar-refractivity contribution < 1.29 is 13.2 Å². The summed E-state index contributed by atoms with van der Waals surface area (Å²) in [6, 6.07) is 8.11. The molecule has 0 amide bonds. The van der Waals surface area contributed by atoms with Crippen molar-refractivity contribution in [1.82, 2.24) is 4.72 Å². The molecule has 0 radical (unpaired) electrons.